The van der Waals surface area contributed by atoms with Crippen molar-refractivity contribution >= 4 is 11.5 Å². The van der Waals surface area contributed by atoms with Crippen LogP contribution in [0.15, 0.2) is 72.8 Å². The van der Waals surface area contributed by atoms with E-state index in [9.17, 15) is 4.79 Å². The SMILES string of the molecule is Cc1ccc(C(CC(=O)c2ccccc2)Nc2ccc(C)c(C)c2)cc1. The summed E-state index contributed by atoms with van der Waals surface area (Å²) in [5, 5.41) is 3.56. The fourth-order valence-electron chi connectivity index (χ4n) is 3.01. The van der Waals surface area contributed by atoms with Crippen LogP contribution in [0, 0.1) is 20.8 Å². The molecule has 0 aliphatic rings. The Labute approximate surface area is 155 Å². The molecule has 1 N–H and O–H groups in total. The summed E-state index contributed by atoms with van der Waals surface area (Å²) in [5.41, 5.74) is 6.65. The largest absolute Gasteiger partial charge is 0.378 e. The number of Topliss-reactive ketones (excluding diaryl/α,β-unsaturated/α-hetero) is 1. The topological polar surface area (TPSA) is 29.1 Å². The second-order valence-electron chi connectivity index (χ2n) is 6.90. The van der Waals surface area contributed by atoms with Gasteiger partial charge in [-0.15, -0.1) is 0 Å². The van der Waals surface area contributed by atoms with Gasteiger partial charge in [0, 0.05) is 17.7 Å². The van der Waals surface area contributed by atoms with Crippen LogP contribution in [0.5, 0.6) is 0 Å². The minimum atomic E-state index is -0.0644. The Morgan fingerprint density at radius 1 is 0.846 bits per heavy atom. The van der Waals surface area contributed by atoms with Gasteiger partial charge in [0.2, 0.25) is 0 Å². The number of carbonyl (C=O) groups excluding carboxylic acids is 1. The average Bonchev–Trinajstić information content (AvgIpc) is 2.65. The molecule has 0 radical (unpaired) electrons. The van der Waals surface area contributed by atoms with Crippen LogP contribution in [0.4, 0.5) is 5.69 Å². The molecule has 132 valence electrons. The number of hydrogen-bond acceptors (Lipinski definition) is 2. The van der Waals surface area contributed by atoms with E-state index in [-0.39, 0.29) is 11.8 Å². The van der Waals surface area contributed by atoms with Crippen molar-refractivity contribution in [2.75, 3.05) is 5.32 Å². The molecule has 0 bridgehead atoms. The standard InChI is InChI=1S/C24H25NO/c1-17-9-12-20(13-10-17)23(16-24(26)21-7-5-4-6-8-21)25-22-14-11-18(2)19(3)15-22/h4-15,23,25H,16H2,1-3H3. The van der Waals surface area contributed by atoms with Gasteiger partial charge in [-0.3, -0.25) is 4.79 Å². The second-order valence-corrected chi connectivity index (χ2v) is 6.90. The summed E-state index contributed by atoms with van der Waals surface area (Å²) in [5.74, 6) is 0.146. The van der Waals surface area contributed by atoms with Gasteiger partial charge in [-0.25, -0.2) is 0 Å². The number of rotatable bonds is 6. The van der Waals surface area contributed by atoms with Crippen LogP contribution >= 0.6 is 0 Å². The fourth-order valence-corrected chi connectivity index (χ4v) is 3.01. The van der Waals surface area contributed by atoms with Crippen LogP contribution < -0.4 is 5.32 Å². The number of nitrogens with one attached hydrogen (secondary N) is 1. The van der Waals surface area contributed by atoms with Crippen molar-refractivity contribution in [1.29, 1.82) is 0 Å². The average molecular weight is 343 g/mol. The predicted molar refractivity (Wildman–Crippen MR) is 109 cm³/mol. The lowest BCUT2D eigenvalue weighted by Gasteiger charge is -2.21. The monoisotopic (exact) mass is 343 g/mol. The molecule has 0 aliphatic heterocycles. The lowest BCUT2D eigenvalue weighted by molar-refractivity contribution is 0.0976. The number of aryl methyl sites for hydroxylation is 3. The number of benzene rings is 3. The third-order valence-corrected chi connectivity index (χ3v) is 4.81. The van der Waals surface area contributed by atoms with Gasteiger partial charge in [0.05, 0.1) is 6.04 Å². The molecule has 2 heteroatoms. The molecule has 0 saturated carbocycles. The van der Waals surface area contributed by atoms with E-state index in [2.05, 4.69) is 68.6 Å². The fraction of sp³-hybridized carbons (Fsp3) is 0.208. The zero-order valence-corrected chi connectivity index (χ0v) is 15.6. The lowest BCUT2D eigenvalue weighted by atomic mass is 9.96. The molecule has 0 amide bonds. The Bertz CT molecular complexity index is 882. The lowest BCUT2D eigenvalue weighted by Crippen LogP contribution is -2.16. The summed E-state index contributed by atoms with van der Waals surface area (Å²) in [6.07, 6.45) is 0.417. The first kappa shape index (κ1) is 17.9. The molecular weight excluding hydrogens is 318 g/mol. The second kappa shape index (κ2) is 8.01. The van der Waals surface area contributed by atoms with E-state index in [1.54, 1.807) is 0 Å². The van der Waals surface area contributed by atoms with E-state index < -0.39 is 0 Å². The van der Waals surface area contributed by atoms with Crippen LogP contribution in [-0.4, -0.2) is 5.78 Å². The van der Waals surface area contributed by atoms with Crippen molar-refractivity contribution in [3.63, 3.8) is 0 Å². The molecule has 0 aromatic heterocycles. The molecule has 2 nitrogen and oxygen atoms in total. The third-order valence-electron chi connectivity index (χ3n) is 4.81. The van der Waals surface area contributed by atoms with Gasteiger partial charge in [-0.05, 0) is 49.6 Å². The highest BCUT2D eigenvalue weighted by atomic mass is 16.1. The van der Waals surface area contributed by atoms with E-state index in [4.69, 9.17) is 0 Å². The molecule has 0 heterocycles. The quantitative estimate of drug-likeness (QED) is 0.553. The highest BCUT2D eigenvalue weighted by Crippen LogP contribution is 2.26. The maximum atomic E-state index is 12.8. The maximum Gasteiger partial charge on any atom is 0.165 e. The van der Waals surface area contributed by atoms with Gasteiger partial charge in [-0.1, -0.05) is 66.2 Å². The van der Waals surface area contributed by atoms with Crippen LogP contribution in [-0.2, 0) is 0 Å². The summed E-state index contributed by atoms with van der Waals surface area (Å²) in [6.45, 7) is 6.29. The predicted octanol–water partition coefficient (Wildman–Crippen LogP) is 6.04. The first-order chi connectivity index (χ1) is 12.5. The van der Waals surface area contributed by atoms with Crippen LogP contribution in [0.1, 0.15) is 45.1 Å². The molecule has 0 spiro atoms. The molecule has 0 aliphatic carbocycles. The number of ketones is 1. The highest BCUT2D eigenvalue weighted by molar-refractivity contribution is 5.96. The summed E-state index contributed by atoms with van der Waals surface area (Å²) < 4.78 is 0. The van der Waals surface area contributed by atoms with Gasteiger partial charge in [0.15, 0.2) is 5.78 Å². The summed E-state index contributed by atoms with van der Waals surface area (Å²) in [7, 11) is 0. The summed E-state index contributed by atoms with van der Waals surface area (Å²) >= 11 is 0. The van der Waals surface area contributed by atoms with Crippen molar-refractivity contribution < 1.29 is 4.79 Å². The zero-order chi connectivity index (χ0) is 18.5. The molecule has 1 atom stereocenters. The van der Waals surface area contributed by atoms with Crippen molar-refractivity contribution in [2.45, 2.75) is 33.2 Å². The Morgan fingerprint density at radius 2 is 1.54 bits per heavy atom. The van der Waals surface area contributed by atoms with E-state index >= 15 is 0 Å². The van der Waals surface area contributed by atoms with Crippen LogP contribution in [0.3, 0.4) is 0 Å². The molecule has 1 unspecified atom stereocenters. The molecule has 0 fully saturated rings. The van der Waals surface area contributed by atoms with Gasteiger partial charge in [0.1, 0.15) is 0 Å². The minimum absolute atomic E-state index is 0.0644. The third kappa shape index (κ3) is 4.40. The molecule has 26 heavy (non-hydrogen) atoms. The van der Waals surface area contributed by atoms with Crippen LogP contribution in [0.2, 0.25) is 0 Å². The molecule has 3 rings (SSSR count). The van der Waals surface area contributed by atoms with E-state index in [0.717, 1.165) is 16.8 Å². The first-order valence-electron chi connectivity index (χ1n) is 9.01. The van der Waals surface area contributed by atoms with E-state index in [1.807, 2.05) is 30.3 Å². The summed E-state index contributed by atoms with van der Waals surface area (Å²) in [4.78, 5) is 12.8. The Morgan fingerprint density at radius 3 is 2.19 bits per heavy atom. The Balaban J connectivity index is 1.87. The van der Waals surface area contributed by atoms with Crippen molar-refractivity contribution in [3.8, 4) is 0 Å². The van der Waals surface area contributed by atoms with Gasteiger partial charge < -0.3 is 5.32 Å². The number of carbonyl (C=O) groups is 1. The molecule has 3 aromatic rings. The molecule has 0 saturated heterocycles. The zero-order valence-electron chi connectivity index (χ0n) is 15.6. The minimum Gasteiger partial charge on any atom is -0.378 e. The number of hydrogen-bond donors (Lipinski definition) is 1. The normalized spacial score (nSPS) is 11.8. The number of anilines is 1. The first-order valence-corrected chi connectivity index (χ1v) is 9.01. The van der Waals surface area contributed by atoms with Gasteiger partial charge in [0.25, 0.3) is 0 Å². The Hall–Kier alpha value is -2.87. The highest BCUT2D eigenvalue weighted by Gasteiger charge is 2.17. The Kier molecular flexibility index (Phi) is 5.52. The van der Waals surface area contributed by atoms with E-state index in [1.165, 1.54) is 16.7 Å². The summed E-state index contributed by atoms with van der Waals surface area (Å²) in [6, 6.07) is 24.2. The van der Waals surface area contributed by atoms with Crippen molar-refractivity contribution in [3.05, 3.63) is 101 Å². The van der Waals surface area contributed by atoms with Crippen molar-refractivity contribution in [2.24, 2.45) is 0 Å². The van der Waals surface area contributed by atoms with Gasteiger partial charge >= 0.3 is 0 Å². The van der Waals surface area contributed by atoms with Gasteiger partial charge in [-0.2, -0.15) is 0 Å². The van der Waals surface area contributed by atoms with Crippen molar-refractivity contribution in [1.82, 2.24) is 0 Å². The maximum absolute atomic E-state index is 12.8. The molecular formula is C24H25NO. The van der Waals surface area contributed by atoms with E-state index in [0.29, 0.717) is 6.42 Å². The van der Waals surface area contributed by atoms with Crippen LogP contribution in [0.25, 0.3) is 0 Å². The molecule has 3 aromatic carbocycles. The smallest absolute Gasteiger partial charge is 0.165 e.